The largest absolute Gasteiger partial charge is 0.283 e. The number of benzene rings is 5. The van der Waals surface area contributed by atoms with E-state index in [0.29, 0.717) is 0 Å². The van der Waals surface area contributed by atoms with Crippen molar-refractivity contribution in [2.24, 2.45) is 0 Å². The Morgan fingerprint density at radius 1 is 0.550 bits per heavy atom. The van der Waals surface area contributed by atoms with Crippen LogP contribution in [0.2, 0.25) is 0 Å². The van der Waals surface area contributed by atoms with Crippen LogP contribution >= 0.6 is 11.3 Å². The van der Waals surface area contributed by atoms with E-state index in [1.54, 1.807) is 11.3 Å². The molecule has 0 fully saturated rings. The van der Waals surface area contributed by atoms with Gasteiger partial charge in [-0.1, -0.05) is 121 Å². The minimum atomic E-state index is 0.820. The second kappa shape index (κ2) is 9.30. The SMILES string of the molecule is c1ccc(-c2cnc(-c3ccccc3)c(N3c4ccccc4-c4ccccc4-c4c3sc3ccccc43)n2)cc1. The Balaban J connectivity index is 1.51. The van der Waals surface area contributed by atoms with Gasteiger partial charge in [0.05, 0.1) is 17.6 Å². The fraction of sp³-hybridized carbons (Fsp3) is 0. The molecule has 0 saturated carbocycles. The molecule has 1 aliphatic rings. The quantitative estimate of drug-likeness (QED) is 0.228. The van der Waals surface area contributed by atoms with Crippen LogP contribution in [-0.4, -0.2) is 9.97 Å². The molecule has 0 aliphatic carbocycles. The topological polar surface area (TPSA) is 29.0 Å². The minimum Gasteiger partial charge on any atom is -0.283 e. The summed E-state index contributed by atoms with van der Waals surface area (Å²) >= 11 is 1.81. The van der Waals surface area contributed by atoms with Crippen LogP contribution in [0.5, 0.6) is 0 Å². The Kier molecular flexibility index (Phi) is 5.32. The third-order valence-electron chi connectivity index (χ3n) is 7.49. The Morgan fingerprint density at radius 2 is 1.18 bits per heavy atom. The zero-order valence-electron chi connectivity index (χ0n) is 21.5. The van der Waals surface area contributed by atoms with E-state index in [1.807, 2.05) is 30.5 Å². The number of nitrogens with zero attached hydrogens (tertiary/aromatic N) is 3. The number of rotatable bonds is 3. The van der Waals surface area contributed by atoms with Gasteiger partial charge in [0, 0.05) is 32.3 Å². The Morgan fingerprint density at radius 3 is 1.98 bits per heavy atom. The van der Waals surface area contributed by atoms with Crippen molar-refractivity contribution in [2.45, 2.75) is 0 Å². The molecule has 2 aromatic heterocycles. The lowest BCUT2D eigenvalue weighted by Gasteiger charge is -2.26. The van der Waals surface area contributed by atoms with Crippen molar-refractivity contribution in [1.82, 2.24) is 9.97 Å². The van der Waals surface area contributed by atoms with Crippen molar-refractivity contribution in [3.05, 3.63) is 140 Å². The summed E-state index contributed by atoms with van der Waals surface area (Å²) in [5, 5.41) is 2.40. The first-order valence-electron chi connectivity index (χ1n) is 13.4. The second-order valence-corrected chi connectivity index (χ2v) is 10.9. The average Bonchev–Trinajstić information content (AvgIpc) is 3.36. The predicted octanol–water partition coefficient (Wildman–Crippen LogP) is 10.1. The van der Waals surface area contributed by atoms with Crippen LogP contribution in [0, 0.1) is 0 Å². The summed E-state index contributed by atoms with van der Waals surface area (Å²) in [6.45, 7) is 0. The zero-order chi connectivity index (χ0) is 26.5. The molecule has 0 radical (unpaired) electrons. The molecule has 188 valence electrons. The van der Waals surface area contributed by atoms with Gasteiger partial charge in [-0.3, -0.25) is 9.88 Å². The van der Waals surface area contributed by atoms with E-state index in [0.717, 1.165) is 39.0 Å². The lowest BCUT2D eigenvalue weighted by molar-refractivity contribution is 1.15. The van der Waals surface area contributed by atoms with Gasteiger partial charge in [-0.05, 0) is 23.3 Å². The molecule has 3 heterocycles. The van der Waals surface area contributed by atoms with Gasteiger partial charge in [0.1, 0.15) is 10.7 Å². The molecule has 40 heavy (non-hydrogen) atoms. The first kappa shape index (κ1) is 22.9. The molecule has 3 nitrogen and oxygen atoms in total. The third-order valence-corrected chi connectivity index (χ3v) is 8.65. The molecule has 1 aliphatic heterocycles. The predicted molar refractivity (Wildman–Crippen MR) is 167 cm³/mol. The highest BCUT2D eigenvalue weighted by atomic mass is 32.1. The number of fused-ring (bicyclic) bond motifs is 7. The van der Waals surface area contributed by atoms with Crippen molar-refractivity contribution in [2.75, 3.05) is 4.90 Å². The number of para-hydroxylation sites is 1. The first-order chi connectivity index (χ1) is 19.9. The van der Waals surface area contributed by atoms with Crippen molar-refractivity contribution in [3.63, 3.8) is 0 Å². The molecular formula is C36H23N3S. The molecule has 4 heteroatoms. The second-order valence-electron chi connectivity index (χ2n) is 9.84. The first-order valence-corrected chi connectivity index (χ1v) is 14.2. The number of hydrogen-bond donors (Lipinski definition) is 0. The maximum absolute atomic E-state index is 5.39. The third kappa shape index (κ3) is 3.58. The molecule has 0 atom stereocenters. The maximum Gasteiger partial charge on any atom is 0.165 e. The zero-order valence-corrected chi connectivity index (χ0v) is 22.3. The molecule has 8 rings (SSSR count). The molecule has 0 spiro atoms. The average molecular weight is 530 g/mol. The summed E-state index contributed by atoms with van der Waals surface area (Å²) in [4.78, 5) is 12.8. The van der Waals surface area contributed by atoms with Gasteiger partial charge < -0.3 is 0 Å². The van der Waals surface area contributed by atoms with Gasteiger partial charge in [-0.2, -0.15) is 0 Å². The molecule has 0 unspecified atom stereocenters. The molecule has 5 aromatic carbocycles. The maximum atomic E-state index is 5.39. The molecule has 0 bridgehead atoms. The van der Waals surface area contributed by atoms with E-state index in [2.05, 4.69) is 114 Å². The summed E-state index contributed by atoms with van der Waals surface area (Å²) in [5.41, 5.74) is 9.73. The lowest BCUT2D eigenvalue weighted by atomic mass is 9.94. The highest BCUT2D eigenvalue weighted by molar-refractivity contribution is 7.23. The standard InChI is InChI=1S/C36H23N3S/c1-3-13-24(14-4-1)30-23-37-34(25-15-5-2-6-16-25)35(38-30)39-31-21-11-9-18-27(31)26-17-7-8-19-28(26)33-29-20-10-12-22-32(29)40-36(33)39/h1-23H. The van der Waals surface area contributed by atoms with Gasteiger partial charge in [-0.25, -0.2) is 4.98 Å². The van der Waals surface area contributed by atoms with Crippen LogP contribution < -0.4 is 4.90 Å². The molecule has 0 amide bonds. The van der Waals surface area contributed by atoms with E-state index in [1.165, 1.54) is 32.3 Å². The van der Waals surface area contributed by atoms with E-state index in [4.69, 9.17) is 9.97 Å². The summed E-state index contributed by atoms with van der Waals surface area (Å²) in [6, 6.07) is 46.8. The van der Waals surface area contributed by atoms with Crippen LogP contribution in [0.1, 0.15) is 0 Å². The summed E-state index contributed by atoms with van der Waals surface area (Å²) in [6.07, 6.45) is 1.89. The molecular weight excluding hydrogens is 506 g/mol. The van der Waals surface area contributed by atoms with Crippen molar-refractivity contribution in [3.8, 4) is 44.8 Å². The number of anilines is 3. The van der Waals surface area contributed by atoms with Gasteiger partial charge in [0.25, 0.3) is 0 Å². The van der Waals surface area contributed by atoms with Crippen LogP contribution in [0.3, 0.4) is 0 Å². The van der Waals surface area contributed by atoms with Gasteiger partial charge >= 0.3 is 0 Å². The normalized spacial score (nSPS) is 11.9. The number of aromatic nitrogens is 2. The summed E-state index contributed by atoms with van der Waals surface area (Å²) in [5.74, 6) is 0.820. The van der Waals surface area contributed by atoms with Crippen LogP contribution in [-0.2, 0) is 0 Å². The number of thiophene rings is 1. The van der Waals surface area contributed by atoms with Crippen LogP contribution in [0.25, 0.3) is 54.9 Å². The smallest absolute Gasteiger partial charge is 0.165 e. The Hall–Kier alpha value is -5.06. The molecule has 0 N–H and O–H groups in total. The number of hydrogen-bond acceptors (Lipinski definition) is 4. The fourth-order valence-corrected chi connectivity index (χ4v) is 6.92. The van der Waals surface area contributed by atoms with E-state index >= 15 is 0 Å². The van der Waals surface area contributed by atoms with Crippen molar-refractivity contribution in [1.29, 1.82) is 0 Å². The van der Waals surface area contributed by atoms with E-state index in [9.17, 15) is 0 Å². The molecule has 0 saturated heterocycles. The Bertz CT molecular complexity index is 2010. The van der Waals surface area contributed by atoms with Crippen LogP contribution in [0.15, 0.2) is 140 Å². The van der Waals surface area contributed by atoms with Crippen LogP contribution in [0.4, 0.5) is 16.5 Å². The highest BCUT2D eigenvalue weighted by Gasteiger charge is 2.32. The summed E-state index contributed by atoms with van der Waals surface area (Å²) < 4.78 is 1.25. The Labute approximate surface area is 236 Å². The van der Waals surface area contributed by atoms with Gasteiger partial charge in [0.2, 0.25) is 0 Å². The fourth-order valence-electron chi connectivity index (χ4n) is 5.69. The van der Waals surface area contributed by atoms with Gasteiger partial charge in [-0.15, -0.1) is 11.3 Å². The monoisotopic (exact) mass is 529 g/mol. The molecule has 7 aromatic rings. The van der Waals surface area contributed by atoms with Crippen molar-refractivity contribution >= 4 is 37.9 Å². The van der Waals surface area contributed by atoms with E-state index in [-0.39, 0.29) is 0 Å². The summed E-state index contributed by atoms with van der Waals surface area (Å²) in [7, 11) is 0. The lowest BCUT2D eigenvalue weighted by Crippen LogP contribution is -2.14. The highest BCUT2D eigenvalue weighted by Crippen LogP contribution is 2.56. The van der Waals surface area contributed by atoms with E-state index < -0.39 is 0 Å². The minimum absolute atomic E-state index is 0.820. The van der Waals surface area contributed by atoms with Crippen molar-refractivity contribution < 1.29 is 0 Å². The van der Waals surface area contributed by atoms with Gasteiger partial charge in [0.15, 0.2) is 5.82 Å².